The van der Waals surface area contributed by atoms with Gasteiger partial charge in [-0.3, -0.25) is 4.79 Å². The number of thiazole rings is 1. The molecule has 0 aliphatic heterocycles. The molecule has 0 amide bonds. The van der Waals surface area contributed by atoms with Crippen LogP contribution in [0.5, 0.6) is 11.5 Å². The van der Waals surface area contributed by atoms with E-state index in [1.807, 2.05) is 35.6 Å². The van der Waals surface area contributed by atoms with Gasteiger partial charge in [0.15, 0.2) is 0 Å². The summed E-state index contributed by atoms with van der Waals surface area (Å²) < 4.78 is 11.8. The topological polar surface area (TPSA) is 68.7 Å². The monoisotopic (exact) mass is 449 g/mol. The zero-order valence-electron chi connectivity index (χ0n) is 18.0. The van der Waals surface area contributed by atoms with Gasteiger partial charge >= 0.3 is 5.97 Å². The Bertz CT molecular complexity index is 1080. The van der Waals surface area contributed by atoms with Gasteiger partial charge in [-0.2, -0.15) is 0 Å². The van der Waals surface area contributed by atoms with Gasteiger partial charge in [-0.25, -0.2) is 4.98 Å². The van der Waals surface area contributed by atoms with Gasteiger partial charge < -0.3 is 14.6 Å². The fourth-order valence-corrected chi connectivity index (χ4v) is 5.80. The quantitative estimate of drug-likeness (QED) is 0.428. The van der Waals surface area contributed by atoms with Crippen LogP contribution in [-0.2, 0) is 24.1 Å². The van der Waals surface area contributed by atoms with Crippen LogP contribution in [0.2, 0.25) is 0 Å². The van der Waals surface area contributed by atoms with Crippen LogP contribution in [0, 0.1) is 0 Å². The third-order valence-electron chi connectivity index (χ3n) is 6.26. The molecule has 6 heteroatoms. The normalized spacial score (nSPS) is 16.6. The summed E-state index contributed by atoms with van der Waals surface area (Å²) >= 11 is 1.82. The Kier molecular flexibility index (Phi) is 6.12. The van der Waals surface area contributed by atoms with Crippen molar-refractivity contribution >= 4 is 17.3 Å². The van der Waals surface area contributed by atoms with E-state index in [-0.39, 0.29) is 12.3 Å². The van der Waals surface area contributed by atoms with E-state index in [9.17, 15) is 4.79 Å². The largest absolute Gasteiger partial charge is 0.493 e. The van der Waals surface area contributed by atoms with Gasteiger partial charge in [-0.15, -0.1) is 11.3 Å². The number of carbonyl (C=O) groups is 1. The fourth-order valence-electron chi connectivity index (χ4n) is 4.64. The first-order valence-electron chi connectivity index (χ1n) is 11.3. The van der Waals surface area contributed by atoms with Gasteiger partial charge in [0.05, 0.1) is 25.3 Å². The van der Waals surface area contributed by atoms with Crippen molar-refractivity contribution in [1.29, 1.82) is 0 Å². The molecule has 1 aromatic heterocycles. The van der Waals surface area contributed by atoms with Crippen LogP contribution in [0.1, 0.15) is 53.3 Å². The minimum absolute atomic E-state index is 0.132. The number of hydrogen-bond donors (Lipinski definition) is 1. The third kappa shape index (κ3) is 4.65. The molecule has 0 fully saturated rings. The number of aliphatic carboxylic acids is 1. The Labute approximate surface area is 192 Å². The van der Waals surface area contributed by atoms with Gasteiger partial charge in [0.25, 0.3) is 0 Å². The number of aryl methyl sites for hydroxylation is 3. The summed E-state index contributed by atoms with van der Waals surface area (Å²) in [6, 6.07) is 14.2. The summed E-state index contributed by atoms with van der Waals surface area (Å²) in [7, 11) is 0. The average molecular weight is 450 g/mol. The molecule has 32 heavy (non-hydrogen) atoms. The number of aromatic nitrogens is 1. The SMILES string of the molecule is O=C(O)C[C@@H]1CCc2cc(OCCCOc3ccc(-c4nc5c(s4)CCC5)cc3)ccc21. The lowest BCUT2D eigenvalue weighted by atomic mass is 9.98. The predicted octanol–water partition coefficient (Wildman–Crippen LogP) is 5.65. The molecule has 2 aliphatic carbocycles. The van der Waals surface area contributed by atoms with E-state index in [2.05, 4.69) is 18.2 Å². The van der Waals surface area contributed by atoms with Gasteiger partial charge in [0, 0.05) is 16.9 Å². The maximum Gasteiger partial charge on any atom is 0.303 e. The molecule has 5 rings (SSSR count). The Balaban J connectivity index is 1.06. The molecule has 166 valence electrons. The molecule has 2 aliphatic rings. The number of carboxylic acids is 1. The molecule has 3 aromatic rings. The van der Waals surface area contributed by atoms with Crippen molar-refractivity contribution in [3.8, 4) is 22.1 Å². The maximum absolute atomic E-state index is 11.0. The van der Waals surface area contributed by atoms with Crippen molar-refractivity contribution in [2.75, 3.05) is 13.2 Å². The second-order valence-electron chi connectivity index (χ2n) is 8.51. The molecule has 2 aromatic carbocycles. The van der Waals surface area contributed by atoms with E-state index < -0.39 is 5.97 Å². The van der Waals surface area contributed by atoms with Crippen molar-refractivity contribution in [3.05, 3.63) is 64.2 Å². The van der Waals surface area contributed by atoms with Crippen LogP contribution in [0.3, 0.4) is 0 Å². The number of ether oxygens (including phenoxy) is 2. The molecule has 1 N–H and O–H groups in total. The second-order valence-corrected chi connectivity index (χ2v) is 9.59. The zero-order chi connectivity index (χ0) is 21.9. The van der Waals surface area contributed by atoms with Crippen LogP contribution in [0.4, 0.5) is 0 Å². The minimum atomic E-state index is -0.732. The van der Waals surface area contributed by atoms with Gasteiger partial charge in [-0.05, 0) is 85.5 Å². The smallest absolute Gasteiger partial charge is 0.303 e. The standard InChI is InChI=1S/C26H27NO4S/c28-25(29)16-19-6-5-18-15-21(11-12-22(18)19)31-14-2-13-30-20-9-7-17(8-10-20)26-27-23-3-1-4-24(23)32-26/h7-12,15,19H,1-6,13-14,16H2,(H,28,29)/t19-/m0/s1. The lowest BCUT2D eigenvalue weighted by Gasteiger charge is -2.11. The Morgan fingerprint density at radius 3 is 2.59 bits per heavy atom. The van der Waals surface area contributed by atoms with Crippen molar-refractivity contribution in [1.82, 2.24) is 4.98 Å². The molecule has 0 spiro atoms. The summed E-state index contributed by atoms with van der Waals surface area (Å²) in [5.41, 5.74) is 4.82. The first-order chi connectivity index (χ1) is 15.7. The van der Waals surface area contributed by atoms with Gasteiger partial charge in [0.2, 0.25) is 0 Å². The molecule has 1 atom stereocenters. The lowest BCUT2D eigenvalue weighted by molar-refractivity contribution is -0.137. The van der Waals surface area contributed by atoms with Crippen molar-refractivity contribution in [3.63, 3.8) is 0 Å². The van der Waals surface area contributed by atoms with E-state index >= 15 is 0 Å². The molecule has 0 saturated heterocycles. The predicted molar refractivity (Wildman–Crippen MR) is 125 cm³/mol. The zero-order valence-corrected chi connectivity index (χ0v) is 18.8. The molecular formula is C26H27NO4S. The van der Waals surface area contributed by atoms with E-state index in [1.165, 1.54) is 29.0 Å². The summed E-state index contributed by atoms with van der Waals surface area (Å²) in [6.07, 6.45) is 6.36. The molecule has 0 radical (unpaired) electrons. The molecule has 5 nitrogen and oxygen atoms in total. The number of nitrogens with zero attached hydrogens (tertiary/aromatic N) is 1. The minimum Gasteiger partial charge on any atom is -0.493 e. The molecular weight excluding hydrogens is 422 g/mol. The number of hydrogen-bond acceptors (Lipinski definition) is 5. The highest BCUT2D eigenvalue weighted by Gasteiger charge is 2.24. The summed E-state index contributed by atoms with van der Waals surface area (Å²) in [5, 5.41) is 10.2. The number of rotatable bonds is 9. The lowest BCUT2D eigenvalue weighted by Crippen LogP contribution is -2.05. The van der Waals surface area contributed by atoms with Crippen LogP contribution in [-0.4, -0.2) is 29.3 Å². The van der Waals surface area contributed by atoms with E-state index in [4.69, 9.17) is 19.6 Å². The Hall–Kier alpha value is -2.86. The van der Waals surface area contributed by atoms with Crippen molar-refractivity contribution in [2.24, 2.45) is 0 Å². The first kappa shape index (κ1) is 21.0. The van der Waals surface area contributed by atoms with Crippen LogP contribution < -0.4 is 9.47 Å². The molecule has 1 heterocycles. The Morgan fingerprint density at radius 1 is 1.03 bits per heavy atom. The fraction of sp³-hybridized carbons (Fsp3) is 0.385. The van der Waals surface area contributed by atoms with Gasteiger partial charge in [0.1, 0.15) is 16.5 Å². The summed E-state index contributed by atoms with van der Waals surface area (Å²) in [5.74, 6) is 1.11. The van der Waals surface area contributed by atoms with Gasteiger partial charge in [-0.1, -0.05) is 6.07 Å². The highest BCUT2D eigenvalue weighted by Crippen LogP contribution is 2.37. The van der Waals surface area contributed by atoms with Crippen LogP contribution in [0.15, 0.2) is 42.5 Å². The van der Waals surface area contributed by atoms with Crippen molar-refractivity contribution in [2.45, 2.75) is 50.9 Å². The van der Waals surface area contributed by atoms with E-state index in [0.717, 1.165) is 53.3 Å². The van der Waals surface area contributed by atoms with Crippen LogP contribution in [0.25, 0.3) is 10.6 Å². The molecule has 0 saturated carbocycles. The highest BCUT2D eigenvalue weighted by molar-refractivity contribution is 7.15. The van der Waals surface area contributed by atoms with Crippen LogP contribution >= 0.6 is 11.3 Å². The molecule has 0 unspecified atom stereocenters. The van der Waals surface area contributed by atoms with E-state index in [0.29, 0.717) is 13.2 Å². The second kappa shape index (κ2) is 9.33. The first-order valence-corrected chi connectivity index (χ1v) is 12.2. The number of benzene rings is 2. The number of carboxylic acid groups (broad SMARTS) is 1. The van der Waals surface area contributed by atoms with E-state index in [1.54, 1.807) is 0 Å². The maximum atomic E-state index is 11.0. The third-order valence-corrected chi connectivity index (χ3v) is 7.47. The highest BCUT2D eigenvalue weighted by atomic mass is 32.1. The number of fused-ring (bicyclic) bond motifs is 2. The van der Waals surface area contributed by atoms with Crippen molar-refractivity contribution < 1.29 is 19.4 Å². The summed E-state index contributed by atoms with van der Waals surface area (Å²) in [6.45, 7) is 1.18. The summed E-state index contributed by atoms with van der Waals surface area (Å²) in [4.78, 5) is 17.2. The molecule has 0 bridgehead atoms. The Morgan fingerprint density at radius 2 is 1.81 bits per heavy atom. The average Bonchev–Trinajstić information content (AvgIpc) is 3.49.